The monoisotopic (exact) mass is 234 g/mol. The van der Waals surface area contributed by atoms with Gasteiger partial charge in [-0.25, -0.2) is 9.79 Å². The van der Waals surface area contributed by atoms with Crippen molar-refractivity contribution in [2.45, 2.75) is 33.3 Å². The predicted molar refractivity (Wildman–Crippen MR) is 68.6 cm³/mol. The van der Waals surface area contributed by atoms with Crippen molar-refractivity contribution < 1.29 is 9.53 Å². The number of amidine groups is 1. The Morgan fingerprint density at radius 2 is 2.00 bits per heavy atom. The second kappa shape index (κ2) is 4.99. The Labute approximate surface area is 101 Å². The number of aliphatic imine (C=N–C) groups is 1. The van der Waals surface area contributed by atoms with Gasteiger partial charge in [0.25, 0.3) is 0 Å². The number of hydrogen-bond acceptors (Lipinski definition) is 3. The van der Waals surface area contributed by atoms with Gasteiger partial charge in [0, 0.05) is 0 Å². The molecule has 17 heavy (non-hydrogen) atoms. The van der Waals surface area contributed by atoms with Gasteiger partial charge in [-0.1, -0.05) is 6.07 Å². The first-order valence-corrected chi connectivity index (χ1v) is 5.42. The minimum Gasteiger partial charge on any atom is -0.456 e. The summed E-state index contributed by atoms with van der Waals surface area (Å²) in [4.78, 5) is 15.9. The van der Waals surface area contributed by atoms with Crippen molar-refractivity contribution in [1.29, 1.82) is 0 Å². The molecule has 1 aromatic rings. The van der Waals surface area contributed by atoms with Crippen molar-refractivity contribution >= 4 is 17.5 Å². The first kappa shape index (κ1) is 13.2. The Bertz CT molecular complexity index is 441. The highest BCUT2D eigenvalue weighted by molar-refractivity contribution is 5.91. The fourth-order valence-electron chi connectivity index (χ4n) is 1.24. The van der Waals surface area contributed by atoms with Crippen LogP contribution in [0.1, 0.15) is 38.1 Å². The molecule has 0 aliphatic carbocycles. The summed E-state index contributed by atoms with van der Waals surface area (Å²) in [5.41, 5.74) is 6.11. The zero-order valence-electron chi connectivity index (χ0n) is 10.7. The Morgan fingerprint density at radius 3 is 2.53 bits per heavy atom. The molecule has 0 bridgehead atoms. The number of benzene rings is 1. The van der Waals surface area contributed by atoms with E-state index >= 15 is 0 Å². The van der Waals surface area contributed by atoms with Gasteiger partial charge in [0.2, 0.25) is 0 Å². The molecule has 0 aromatic heterocycles. The van der Waals surface area contributed by atoms with Crippen LogP contribution in [0.2, 0.25) is 0 Å². The summed E-state index contributed by atoms with van der Waals surface area (Å²) < 4.78 is 5.27. The van der Waals surface area contributed by atoms with Crippen LogP contribution in [-0.2, 0) is 4.74 Å². The Hall–Kier alpha value is -1.84. The number of ether oxygens (including phenoxy) is 1. The number of carbonyl (C=O) groups is 1. The standard InChI is InChI=1S/C13H18N2O2/c1-9(14)15-11-7-5-6-10(8-11)12(16)17-13(2,3)4/h5-8H,1-4H3,(H2,14,15). The number of carbonyl (C=O) groups excluding carboxylic acids is 1. The van der Waals surface area contributed by atoms with Gasteiger partial charge in [0.05, 0.1) is 17.1 Å². The predicted octanol–water partition coefficient (Wildman–Crippen LogP) is 2.65. The minimum absolute atomic E-state index is 0.357. The van der Waals surface area contributed by atoms with Crippen molar-refractivity contribution in [3.8, 4) is 0 Å². The van der Waals surface area contributed by atoms with Crippen molar-refractivity contribution in [1.82, 2.24) is 0 Å². The Balaban J connectivity index is 2.92. The molecular weight excluding hydrogens is 216 g/mol. The fraction of sp³-hybridized carbons (Fsp3) is 0.385. The normalized spacial score (nSPS) is 12.4. The lowest BCUT2D eigenvalue weighted by molar-refractivity contribution is 0.00696. The maximum Gasteiger partial charge on any atom is 0.338 e. The Morgan fingerprint density at radius 1 is 1.35 bits per heavy atom. The summed E-state index contributed by atoms with van der Waals surface area (Å²) in [7, 11) is 0. The molecule has 0 fully saturated rings. The summed E-state index contributed by atoms with van der Waals surface area (Å²) in [5, 5.41) is 0. The van der Waals surface area contributed by atoms with Crippen LogP contribution in [0.3, 0.4) is 0 Å². The van der Waals surface area contributed by atoms with Crippen molar-refractivity contribution in [3.63, 3.8) is 0 Å². The molecule has 2 N–H and O–H groups in total. The zero-order chi connectivity index (χ0) is 13.1. The van der Waals surface area contributed by atoms with E-state index in [1.807, 2.05) is 20.8 Å². The van der Waals surface area contributed by atoms with Gasteiger partial charge in [-0.3, -0.25) is 0 Å². The van der Waals surface area contributed by atoms with Crippen LogP contribution in [-0.4, -0.2) is 17.4 Å². The van der Waals surface area contributed by atoms with Crippen molar-refractivity contribution in [3.05, 3.63) is 29.8 Å². The topological polar surface area (TPSA) is 64.7 Å². The van der Waals surface area contributed by atoms with E-state index in [-0.39, 0.29) is 5.97 Å². The zero-order valence-corrected chi connectivity index (χ0v) is 10.7. The lowest BCUT2D eigenvalue weighted by Crippen LogP contribution is -2.23. The second-order valence-electron chi connectivity index (χ2n) is 4.81. The van der Waals surface area contributed by atoms with Gasteiger partial charge in [-0.15, -0.1) is 0 Å². The highest BCUT2D eigenvalue weighted by atomic mass is 16.6. The maximum atomic E-state index is 11.8. The van der Waals surface area contributed by atoms with Gasteiger partial charge in [0.1, 0.15) is 5.60 Å². The molecule has 1 rings (SSSR count). The molecule has 0 heterocycles. The number of nitrogens with zero attached hydrogens (tertiary/aromatic N) is 1. The molecule has 0 saturated carbocycles. The van der Waals surface area contributed by atoms with Crippen molar-refractivity contribution in [2.24, 2.45) is 10.7 Å². The maximum absolute atomic E-state index is 11.8. The van der Waals surface area contributed by atoms with Crippen LogP contribution < -0.4 is 5.73 Å². The summed E-state index contributed by atoms with van der Waals surface area (Å²) >= 11 is 0. The largest absolute Gasteiger partial charge is 0.456 e. The Kier molecular flexibility index (Phi) is 3.89. The molecule has 0 amide bonds. The molecule has 4 heteroatoms. The van der Waals surface area contributed by atoms with E-state index in [4.69, 9.17) is 10.5 Å². The van der Waals surface area contributed by atoms with Crippen molar-refractivity contribution in [2.75, 3.05) is 0 Å². The molecular formula is C13H18N2O2. The molecule has 0 radical (unpaired) electrons. The molecule has 0 atom stereocenters. The summed E-state index contributed by atoms with van der Waals surface area (Å²) in [6.45, 7) is 7.19. The average Bonchev–Trinajstić information content (AvgIpc) is 2.14. The van der Waals surface area contributed by atoms with E-state index in [1.165, 1.54) is 0 Å². The van der Waals surface area contributed by atoms with Gasteiger partial charge < -0.3 is 10.5 Å². The SMILES string of the molecule is CC(N)=Nc1cccc(C(=O)OC(C)(C)C)c1. The van der Waals surface area contributed by atoms with E-state index in [1.54, 1.807) is 31.2 Å². The molecule has 0 aliphatic rings. The smallest absolute Gasteiger partial charge is 0.338 e. The second-order valence-corrected chi connectivity index (χ2v) is 4.81. The highest BCUT2D eigenvalue weighted by Gasteiger charge is 2.17. The lowest BCUT2D eigenvalue weighted by Gasteiger charge is -2.19. The lowest BCUT2D eigenvalue weighted by atomic mass is 10.1. The fourth-order valence-corrected chi connectivity index (χ4v) is 1.24. The summed E-state index contributed by atoms with van der Waals surface area (Å²) in [6.07, 6.45) is 0. The van der Waals surface area contributed by atoms with Gasteiger partial charge in [-0.05, 0) is 45.9 Å². The van der Waals surface area contributed by atoms with Crippen LogP contribution in [0.25, 0.3) is 0 Å². The average molecular weight is 234 g/mol. The van der Waals surface area contributed by atoms with Gasteiger partial charge in [0.15, 0.2) is 0 Å². The number of hydrogen-bond donors (Lipinski definition) is 1. The number of nitrogens with two attached hydrogens (primary N) is 1. The molecule has 92 valence electrons. The summed E-state index contributed by atoms with van der Waals surface area (Å²) in [5.74, 6) is 0.0931. The van der Waals surface area contributed by atoms with E-state index in [0.717, 1.165) is 0 Å². The van der Waals surface area contributed by atoms with Gasteiger partial charge in [-0.2, -0.15) is 0 Å². The molecule has 0 spiro atoms. The third-order valence-electron chi connectivity index (χ3n) is 1.79. The third kappa shape index (κ3) is 4.68. The van der Waals surface area contributed by atoms with Gasteiger partial charge >= 0.3 is 5.97 Å². The number of esters is 1. The molecule has 0 aliphatic heterocycles. The van der Waals surface area contributed by atoms with Crippen LogP contribution in [0.4, 0.5) is 5.69 Å². The molecule has 0 saturated heterocycles. The van der Waals surface area contributed by atoms with E-state index in [2.05, 4.69) is 4.99 Å². The van der Waals surface area contributed by atoms with E-state index in [0.29, 0.717) is 17.1 Å². The quantitative estimate of drug-likeness (QED) is 0.486. The molecule has 4 nitrogen and oxygen atoms in total. The highest BCUT2D eigenvalue weighted by Crippen LogP contribution is 2.17. The third-order valence-corrected chi connectivity index (χ3v) is 1.79. The van der Waals surface area contributed by atoms with Crippen LogP contribution in [0.15, 0.2) is 29.3 Å². The molecule has 1 aromatic carbocycles. The van der Waals surface area contributed by atoms with E-state index in [9.17, 15) is 4.79 Å². The van der Waals surface area contributed by atoms with Crippen LogP contribution >= 0.6 is 0 Å². The van der Waals surface area contributed by atoms with Crippen LogP contribution in [0, 0.1) is 0 Å². The summed E-state index contributed by atoms with van der Waals surface area (Å²) in [6, 6.07) is 6.88. The minimum atomic E-state index is -0.500. The first-order chi connectivity index (χ1) is 7.78. The first-order valence-electron chi connectivity index (χ1n) is 5.42. The van der Waals surface area contributed by atoms with E-state index < -0.39 is 5.60 Å². The number of rotatable bonds is 2. The van der Waals surface area contributed by atoms with Crippen LogP contribution in [0.5, 0.6) is 0 Å². The molecule has 0 unspecified atom stereocenters.